The summed E-state index contributed by atoms with van der Waals surface area (Å²) in [7, 11) is -3.36. The maximum absolute atomic E-state index is 14.5. The molecule has 11 heteroatoms. The van der Waals surface area contributed by atoms with Gasteiger partial charge in [-0.2, -0.15) is 4.37 Å². The highest BCUT2D eigenvalue weighted by molar-refractivity contribution is 7.89. The predicted octanol–water partition coefficient (Wildman–Crippen LogP) is 3.56. The molecule has 2 aromatic carbocycles. The Balaban J connectivity index is 1.50. The quantitative estimate of drug-likeness (QED) is 0.608. The number of fused-ring (bicyclic) bond motifs is 2. The first-order valence-electron chi connectivity index (χ1n) is 10.2. The molecule has 0 radical (unpaired) electrons. The zero-order valence-electron chi connectivity index (χ0n) is 17.1. The Kier molecular flexibility index (Phi) is 5.14. The van der Waals surface area contributed by atoms with Crippen molar-refractivity contribution in [1.29, 1.82) is 0 Å². The fourth-order valence-electron chi connectivity index (χ4n) is 4.49. The highest BCUT2D eigenvalue weighted by atomic mass is 32.2. The molecule has 2 aliphatic heterocycles. The molecule has 1 aromatic heterocycles. The van der Waals surface area contributed by atoms with Crippen molar-refractivity contribution in [3.8, 4) is 11.1 Å². The summed E-state index contributed by atoms with van der Waals surface area (Å²) >= 11 is 1.16. The number of urea groups is 1. The number of halogens is 2. The number of carbonyl (C=O) groups is 1. The van der Waals surface area contributed by atoms with Gasteiger partial charge in [0.05, 0.1) is 22.1 Å². The first-order valence-corrected chi connectivity index (χ1v) is 12.6. The van der Waals surface area contributed by atoms with Crippen LogP contribution >= 0.6 is 11.5 Å². The van der Waals surface area contributed by atoms with E-state index in [1.54, 1.807) is 30.0 Å². The SMILES string of the molecule is CCS(=O)(=O)N[C@H]1C[C@H]2CN(c3nsc4cccc(-c5c(F)cccc5F)c34)C(=O)N2C1. The Labute approximate surface area is 187 Å². The van der Waals surface area contributed by atoms with Gasteiger partial charge >= 0.3 is 6.03 Å². The molecule has 168 valence electrons. The largest absolute Gasteiger partial charge is 0.326 e. The van der Waals surface area contributed by atoms with Gasteiger partial charge in [-0.05, 0) is 43.1 Å². The maximum Gasteiger partial charge on any atom is 0.326 e. The highest BCUT2D eigenvalue weighted by Gasteiger charge is 2.46. The van der Waals surface area contributed by atoms with Crippen LogP contribution in [0.2, 0.25) is 0 Å². The van der Waals surface area contributed by atoms with Crippen molar-refractivity contribution in [2.75, 3.05) is 23.7 Å². The Morgan fingerprint density at radius 2 is 1.88 bits per heavy atom. The van der Waals surface area contributed by atoms with Crippen LogP contribution in [-0.2, 0) is 10.0 Å². The second-order valence-electron chi connectivity index (χ2n) is 7.93. The summed E-state index contributed by atoms with van der Waals surface area (Å²) in [5.74, 6) is -1.02. The molecule has 2 atom stereocenters. The fourth-order valence-corrected chi connectivity index (χ4v) is 6.14. The van der Waals surface area contributed by atoms with Crippen molar-refractivity contribution in [3.05, 3.63) is 48.0 Å². The molecule has 32 heavy (non-hydrogen) atoms. The molecule has 3 aromatic rings. The van der Waals surface area contributed by atoms with E-state index in [1.165, 1.54) is 23.1 Å². The van der Waals surface area contributed by atoms with Gasteiger partial charge in [0.25, 0.3) is 0 Å². The molecule has 0 bridgehead atoms. The van der Waals surface area contributed by atoms with Crippen LogP contribution in [0, 0.1) is 11.6 Å². The Hall–Kier alpha value is -2.63. The van der Waals surface area contributed by atoms with Gasteiger partial charge < -0.3 is 4.90 Å². The maximum atomic E-state index is 14.5. The summed E-state index contributed by atoms with van der Waals surface area (Å²) in [6, 6.07) is 8.06. The lowest BCUT2D eigenvalue weighted by molar-refractivity contribution is 0.218. The van der Waals surface area contributed by atoms with Gasteiger partial charge in [-0.25, -0.2) is 26.7 Å². The summed E-state index contributed by atoms with van der Waals surface area (Å²) in [4.78, 5) is 16.3. The van der Waals surface area contributed by atoms with Crippen LogP contribution in [0.25, 0.3) is 21.2 Å². The molecule has 7 nitrogen and oxygen atoms in total. The van der Waals surface area contributed by atoms with Crippen molar-refractivity contribution < 1.29 is 22.0 Å². The monoisotopic (exact) mass is 478 g/mol. The second-order valence-corrected chi connectivity index (χ2v) is 10.8. The van der Waals surface area contributed by atoms with Gasteiger partial charge in [-0.15, -0.1) is 0 Å². The molecule has 0 aliphatic carbocycles. The molecule has 0 saturated carbocycles. The van der Waals surface area contributed by atoms with Gasteiger partial charge in [0.1, 0.15) is 11.6 Å². The number of sulfonamides is 1. The number of anilines is 1. The summed E-state index contributed by atoms with van der Waals surface area (Å²) < 4.78 is 60.7. The van der Waals surface area contributed by atoms with Crippen LogP contribution < -0.4 is 9.62 Å². The van der Waals surface area contributed by atoms with E-state index in [9.17, 15) is 22.0 Å². The third-order valence-electron chi connectivity index (χ3n) is 5.98. The van der Waals surface area contributed by atoms with Crippen LogP contribution in [0.4, 0.5) is 19.4 Å². The minimum Gasteiger partial charge on any atom is -0.318 e. The number of carbonyl (C=O) groups excluding carboxylic acids is 1. The second kappa shape index (κ2) is 7.75. The minimum atomic E-state index is -3.36. The Morgan fingerprint density at radius 1 is 1.16 bits per heavy atom. The number of amides is 2. The standard InChI is InChI=1S/C21H20F2N4O3S2/c1-2-32(29,30)25-12-9-13-11-27(21(28)26(13)10-12)20-19-14(5-3-8-17(19)31-24-20)18-15(22)6-4-7-16(18)23/h3-8,12-13,25H,2,9-11H2,1H3/t12-,13-/m0/s1. The third-order valence-corrected chi connectivity index (χ3v) is 8.23. The lowest BCUT2D eigenvalue weighted by Crippen LogP contribution is -2.41. The minimum absolute atomic E-state index is 0.0194. The van der Waals surface area contributed by atoms with Crippen LogP contribution in [0.3, 0.4) is 0 Å². The number of aromatic nitrogens is 1. The van der Waals surface area contributed by atoms with Crippen molar-refractivity contribution in [2.45, 2.75) is 25.4 Å². The number of rotatable bonds is 5. The van der Waals surface area contributed by atoms with Crippen LogP contribution in [-0.4, -0.2) is 54.6 Å². The van der Waals surface area contributed by atoms with E-state index in [2.05, 4.69) is 9.10 Å². The van der Waals surface area contributed by atoms with E-state index < -0.39 is 21.7 Å². The molecule has 2 saturated heterocycles. The zero-order valence-corrected chi connectivity index (χ0v) is 18.7. The highest BCUT2D eigenvalue weighted by Crippen LogP contribution is 2.41. The average molecular weight is 479 g/mol. The van der Waals surface area contributed by atoms with Gasteiger partial charge in [0, 0.05) is 30.1 Å². The van der Waals surface area contributed by atoms with E-state index in [-0.39, 0.29) is 36.0 Å². The molecule has 2 fully saturated rings. The number of benzene rings is 2. The smallest absolute Gasteiger partial charge is 0.318 e. The molecule has 3 heterocycles. The number of hydrogen-bond donors (Lipinski definition) is 1. The lowest BCUT2D eigenvalue weighted by Gasteiger charge is -2.19. The normalized spacial score (nSPS) is 21.0. The first-order chi connectivity index (χ1) is 15.3. The van der Waals surface area contributed by atoms with E-state index >= 15 is 0 Å². The zero-order chi connectivity index (χ0) is 22.6. The average Bonchev–Trinajstić information content (AvgIpc) is 3.42. The first kappa shape index (κ1) is 21.2. The van der Waals surface area contributed by atoms with Gasteiger partial charge in [0.15, 0.2) is 5.82 Å². The third kappa shape index (κ3) is 3.44. The number of hydrogen-bond acceptors (Lipinski definition) is 5. The van der Waals surface area contributed by atoms with Crippen LogP contribution in [0.1, 0.15) is 13.3 Å². The van der Waals surface area contributed by atoms with Gasteiger partial charge in [0.2, 0.25) is 10.0 Å². The Morgan fingerprint density at radius 3 is 2.56 bits per heavy atom. The Bertz CT molecular complexity index is 1310. The topological polar surface area (TPSA) is 82.6 Å². The van der Waals surface area contributed by atoms with Crippen LogP contribution in [0.5, 0.6) is 0 Å². The number of nitrogens with one attached hydrogen (secondary N) is 1. The summed E-state index contributed by atoms with van der Waals surface area (Å²) in [5, 5.41) is 0.527. The fraction of sp³-hybridized carbons (Fsp3) is 0.333. The van der Waals surface area contributed by atoms with E-state index in [1.807, 2.05) is 0 Å². The van der Waals surface area contributed by atoms with Gasteiger partial charge in [-0.3, -0.25) is 4.90 Å². The summed E-state index contributed by atoms with van der Waals surface area (Å²) in [5.41, 5.74) is 0.191. The molecule has 0 unspecified atom stereocenters. The molecular weight excluding hydrogens is 458 g/mol. The summed E-state index contributed by atoms with van der Waals surface area (Å²) in [6.45, 7) is 2.17. The van der Waals surface area contributed by atoms with Gasteiger partial charge in [-0.1, -0.05) is 18.2 Å². The van der Waals surface area contributed by atoms with Crippen molar-refractivity contribution >= 4 is 43.5 Å². The lowest BCUT2D eigenvalue weighted by atomic mass is 10.0. The van der Waals surface area contributed by atoms with E-state index in [0.29, 0.717) is 34.4 Å². The van der Waals surface area contributed by atoms with Crippen molar-refractivity contribution in [2.24, 2.45) is 0 Å². The molecule has 2 aliphatic rings. The van der Waals surface area contributed by atoms with Crippen LogP contribution in [0.15, 0.2) is 36.4 Å². The molecule has 2 amide bonds. The predicted molar refractivity (Wildman–Crippen MR) is 119 cm³/mol. The molecule has 1 N–H and O–H groups in total. The molecule has 0 spiro atoms. The van der Waals surface area contributed by atoms with E-state index in [4.69, 9.17) is 0 Å². The summed E-state index contributed by atoms with van der Waals surface area (Å²) in [6.07, 6.45) is 0.498. The van der Waals surface area contributed by atoms with Crippen molar-refractivity contribution in [3.63, 3.8) is 0 Å². The number of nitrogens with zero attached hydrogens (tertiary/aromatic N) is 3. The van der Waals surface area contributed by atoms with E-state index in [0.717, 1.165) is 11.5 Å². The van der Waals surface area contributed by atoms with Crippen molar-refractivity contribution in [1.82, 2.24) is 14.0 Å². The molecule has 5 rings (SSSR count). The molecular formula is C21H20F2N4O3S2.